The molecular formula is C12H17BrN2. The average Bonchev–Trinajstić information content (AvgIpc) is 2.38. The maximum Gasteiger partial charge on any atom is 0.0602 e. The highest BCUT2D eigenvalue weighted by Gasteiger charge is 2.17. The Kier molecular flexibility index (Phi) is 3.19. The number of nitrogens with zero attached hydrogens (tertiary/aromatic N) is 1. The summed E-state index contributed by atoms with van der Waals surface area (Å²) in [6.07, 6.45) is 0. The monoisotopic (exact) mass is 268 g/mol. The minimum atomic E-state index is 0.691. The van der Waals surface area contributed by atoms with Crippen molar-refractivity contribution in [2.75, 3.05) is 29.9 Å². The van der Waals surface area contributed by atoms with Gasteiger partial charge in [-0.15, -0.1) is 0 Å². The average molecular weight is 269 g/mol. The molecule has 1 aliphatic rings. The van der Waals surface area contributed by atoms with E-state index in [0.29, 0.717) is 5.92 Å². The van der Waals surface area contributed by atoms with Gasteiger partial charge in [0.25, 0.3) is 0 Å². The van der Waals surface area contributed by atoms with E-state index >= 15 is 0 Å². The molecule has 0 bridgehead atoms. The first-order chi connectivity index (χ1) is 7.20. The number of anilines is 2. The molecule has 2 nitrogen and oxygen atoms in total. The Balaban J connectivity index is 2.38. The van der Waals surface area contributed by atoms with Crippen LogP contribution in [0.1, 0.15) is 13.8 Å². The normalized spacial score (nSPS) is 20.5. The zero-order valence-electron chi connectivity index (χ0n) is 9.26. The minimum absolute atomic E-state index is 0.691. The number of fused-ring (bicyclic) bond motifs is 1. The summed E-state index contributed by atoms with van der Waals surface area (Å²) in [5.74, 6) is 0.691. The van der Waals surface area contributed by atoms with Crippen molar-refractivity contribution >= 4 is 27.3 Å². The van der Waals surface area contributed by atoms with Crippen LogP contribution in [0.2, 0.25) is 0 Å². The molecule has 0 spiro atoms. The second kappa shape index (κ2) is 4.44. The van der Waals surface area contributed by atoms with Gasteiger partial charge in [-0.2, -0.15) is 0 Å². The molecule has 0 amide bonds. The Hall–Kier alpha value is -0.700. The van der Waals surface area contributed by atoms with Crippen molar-refractivity contribution in [2.45, 2.75) is 13.8 Å². The minimum Gasteiger partial charge on any atom is -0.383 e. The summed E-state index contributed by atoms with van der Waals surface area (Å²) in [6, 6.07) is 6.46. The molecule has 1 heterocycles. The van der Waals surface area contributed by atoms with Gasteiger partial charge in [0.1, 0.15) is 0 Å². The van der Waals surface area contributed by atoms with Crippen molar-refractivity contribution < 1.29 is 0 Å². The highest BCUT2D eigenvalue weighted by atomic mass is 79.9. The molecule has 0 aliphatic carbocycles. The molecule has 0 saturated carbocycles. The van der Waals surface area contributed by atoms with E-state index in [-0.39, 0.29) is 0 Å². The number of benzene rings is 1. The van der Waals surface area contributed by atoms with Gasteiger partial charge in [0.2, 0.25) is 0 Å². The molecule has 1 N–H and O–H groups in total. The summed E-state index contributed by atoms with van der Waals surface area (Å²) in [7, 11) is 0. The van der Waals surface area contributed by atoms with Gasteiger partial charge in [0, 0.05) is 24.1 Å². The third kappa shape index (κ3) is 2.28. The molecule has 15 heavy (non-hydrogen) atoms. The van der Waals surface area contributed by atoms with Crippen molar-refractivity contribution in [1.29, 1.82) is 0 Å². The van der Waals surface area contributed by atoms with Crippen LogP contribution in [0.5, 0.6) is 0 Å². The van der Waals surface area contributed by atoms with Gasteiger partial charge < -0.3 is 10.2 Å². The molecule has 0 radical (unpaired) electrons. The Morgan fingerprint density at radius 2 is 2.33 bits per heavy atom. The van der Waals surface area contributed by atoms with Crippen LogP contribution in [0, 0.1) is 5.92 Å². The van der Waals surface area contributed by atoms with E-state index in [1.807, 2.05) is 0 Å². The molecule has 82 valence electrons. The van der Waals surface area contributed by atoms with Crippen molar-refractivity contribution in [3.63, 3.8) is 0 Å². The summed E-state index contributed by atoms with van der Waals surface area (Å²) in [4.78, 5) is 2.44. The van der Waals surface area contributed by atoms with E-state index in [0.717, 1.165) is 24.1 Å². The largest absolute Gasteiger partial charge is 0.383 e. The lowest BCUT2D eigenvalue weighted by Gasteiger charge is -2.24. The van der Waals surface area contributed by atoms with Gasteiger partial charge in [-0.3, -0.25) is 0 Å². The molecule has 0 aromatic heterocycles. The van der Waals surface area contributed by atoms with Crippen LogP contribution in [0.4, 0.5) is 11.4 Å². The Labute approximate surface area is 99.8 Å². The van der Waals surface area contributed by atoms with Gasteiger partial charge in [0.15, 0.2) is 0 Å². The Morgan fingerprint density at radius 3 is 3.07 bits per heavy atom. The maximum atomic E-state index is 3.51. The predicted octanol–water partition coefficient (Wildman–Crippen LogP) is 3.34. The van der Waals surface area contributed by atoms with Crippen LogP contribution in [-0.4, -0.2) is 19.6 Å². The van der Waals surface area contributed by atoms with E-state index in [4.69, 9.17) is 0 Å². The quantitative estimate of drug-likeness (QED) is 0.841. The molecule has 1 aromatic rings. The lowest BCUT2D eigenvalue weighted by Crippen LogP contribution is -2.27. The summed E-state index contributed by atoms with van der Waals surface area (Å²) in [5, 5.41) is 3.51. The first kappa shape index (κ1) is 10.8. The van der Waals surface area contributed by atoms with Crippen LogP contribution in [0.3, 0.4) is 0 Å². The number of hydrogen-bond donors (Lipinski definition) is 1. The topological polar surface area (TPSA) is 15.3 Å². The van der Waals surface area contributed by atoms with E-state index in [2.05, 4.69) is 58.2 Å². The van der Waals surface area contributed by atoms with Gasteiger partial charge in [-0.25, -0.2) is 0 Å². The molecule has 1 unspecified atom stereocenters. The zero-order valence-corrected chi connectivity index (χ0v) is 10.8. The fourth-order valence-corrected chi connectivity index (χ4v) is 2.41. The number of nitrogens with one attached hydrogen (secondary N) is 1. The molecule has 2 rings (SSSR count). The number of halogens is 1. The van der Waals surface area contributed by atoms with Gasteiger partial charge in [-0.1, -0.05) is 22.9 Å². The van der Waals surface area contributed by atoms with E-state index in [1.54, 1.807) is 0 Å². The number of hydrogen-bond acceptors (Lipinski definition) is 2. The second-order valence-corrected chi connectivity index (χ2v) is 5.10. The van der Waals surface area contributed by atoms with Gasteiger partial charge in [-0.05, 0) is 31.0 Å². The Morgan fingerprint density at radius 1 is 1.53 bits per heavy atom. The summed E-state index contributed by atoms with van der Waals surface area (Å²) in [6.45, 7) is 7.76. The highest BCUT2D eigenvalue weighted by Crippen LogP contribution is 2.31. The molecule has 3 heteroatoms. The highest BCUT2D eigenvalue weighted by molar-refractivity contribution is 9.10. The summed E-state index contributed by atoms with van der Waals surface area (Å²) >= 11 is 3.51. The van der Waals surface area contributed by atoms with Gasteiger partial charge >= 0.3 is 0 Å². The summed E-state index contributed by atoms with van der Waals surface area (Å²) < 4.78 is 1.14. The lowest BCUT2D eigenvalue weighted by molar-refractivity contribution is 0.602. The SMILES string of the molecule is CCN1CC(C)CNc2cc(Br)ccc21. The molecule has 0 fully saturated rings. The van der Waals surface area contributed by atoms with E-state index in [9.17, 15) is 0 Å². The van der Waals surface area contributed by atoms with Crippen LogP contribution < -0.4 is 10.2 Å². The molecular weight excluding hydrogens is 252 g/mol. The fourth-order valence-electron chi connectivity index (χ4n) is 2.05. The van der Waals surface area contributed by atoms with Crippen LogP contribution in [0.25, 0.3) is 0 Å². The molecule has 1 atom stereocenters. The van der Waals surface area contributed by atoms with Crippen LogP contribution in [0.15, 0.2) is 22.7 Å². The maximum absolute atomic E-state index is 3.51. The van der Waals surface area contributed by atoms with Gasteiger partial charge in [0.05, 0.1) is 11.4 Å². The smallest absolute Gasteiger partial charge is 0.0602 e. The van der Waals surface area contributed by atoms with Crippen LogP contribution >= 0.6 is 15.9 Å². The first-order valence-corrected chi connectivity index (χ1v) is 6.28. The summed E-state index contributed by atoms with van der Waals surface area (Å²) in [5.41, 5.74) is 2.57. The fraction of sp³-hybridized carbons (Fsp3) is 0.500. The third-order valence-corrected chi connectivity index (χ3v) is 3.35. The predicted molar refractivity (Wildman–Crippen MR) is 69.7 cm³/mol. The van der Waals surface area contributed by atoms with Crippen molar-refractivity contribution in [1.82, 2.24) is 0 Å². The lowest BCUT2D eigenvalue weighted by atomic mass is 10.2. The molecule has 0 saturated heterocycles. The first-order valence-electron chi connectivity index (χ1n) is 5.49. The Bertz CT molecular complexity index is 351. The zero-order chi connectivity index (χ0) is 10.8. The van der Waals surface area contributed by atoms with E-state index in [1.165, 1.54) is 11.4 Å². The van der Waals surface area contributed by atoms with E-state index < -0.39 is 0 Å². The van der Waals surface area contributed by atoms with Crippen molar-refractivity contribution in [3.8, 4) is 0 Å². The van der Waals surface area contributed by atoms with Crippen molar-refractivity contribution in [3.05, 3.63) is 22.7 Å². The standard InChI is InChI=1S/C12H17BrN2/c1-3-15-8-9(2)7-14-11-6-10(13)4-5-12(11)15/h4-6,9,14H,3,7-8H2,1-2H3. The molecule has 1 aliphatic heterocycles. The molecule has 1 aromatic carbocycles. The van der Waals surface area contributed by atoms with Crippen LogP contribution in [-0.2, 0) is 0 Å². The second-order valence-electron chi connectivity index (χ2n) is 4.19. The van der Waals surface area contributed by atoms with Crippen molar-refractivity contribution in [2.24, 2.45) is 5.92 Å². The third-order valence-electron chi connectivity index (χ3n) is 2.85. The number of rotatable bonds is 1.